The lowest BCUT2D eigenvalue weighted by atomic mass is 10.2. The Labute approximate surface area is 80.7 Å². The fourth-order valence-corrected chi connectivity index (χ4v) is 1.58. The summed E-state index contributed by atoms with van der Waals surface area (Å²) in [6.07, 6.45) is 1.69. The Morgan fingerprint density at radius 2 is 2.14 bits per heavy atom. The summed E-state index contributed by atoms with van der Waals surface area (Å²) in [7, 11) is 1.86. The molecule has 72 valence electrons. The third kappa shape index (κ3) is 1.16. The Morgan fingerprint density at radius 3 is 2.86 bits per heavy atom. The number of nitrogens with zero attached hydrogens (tertiary/aromatic N) is 1. The van der Waals surface area contributed by atoms with E-state index < -0.39 is 5.91 Å². The van der Waals surface area contributed by atoms with Crippen molar-refractivity contribution in [2.75, 3.05) is 0 Å². The summed E-state index contributed by atoms with van der Waals surface area (Å²) in [5, 5.41) is 9.38. The molecule has 0 aliphatic heterocycles. The van der Waals surface area contributed by atoms with Crippen molar-refractivity contribution < 1.29 is 10.0 Å². The van der Waals surface area contributed by atoms with Crippen molar-refractivity contribution in [3.8, 4) is 0 Å². The molecule has 0 fully saturated rings. The highest BCUT2D eigenvalue weighted by Gasteiger charge is 2.11. The lowest BCUT2D eigenvalue weighted by molar-refractivity contribution is 0.0708. The van der Waals surface area contributed by atoms with Crippen LogP contribution in [0.25, 0.3) is 10.9 Å². The van der Waals surface area contributed by atoms with Gasteiger partial charge in [0.15, 0.2) is 0 Å². The van der Waals surface area contributed by atoms with Crippen LogP contribution in [0.5, 0.6) is 0 Å². The molecule has 0 bridgehead atoms. The minimum atomic E-state index is -0.484. The van der Waals surface area contributed by atoms with E-state index in [2.05, 4.69) is 0 Å². The number of aryl methyl sites for hydroxylation is 1. The van der Waals surface area contributed by atoms with Crippen molar-refractivity contribution in [1.29, 1.82) is 0 Å². The Morgan fingerprint density at radius 1 is 1.43 bits per heavy atom. The number of amides is 1. The number of hydrogen-bond donors (Lipinski definition) is 2. The highest BCUT2D eigenvalue weighted by Crippen LogP contribution is 2.19. The molecule has 0 radical (unpaired) electrons. The highest BCUT2D eigenvalue weighted by atomic mass is 16.5. The quantitative estimate of drug-likeness (QED) is 0.526. The molecule has 1 heterocycles. The summed E-state index contributed by atoms with van der Waals surface area (Å²) < 4.78 is 1.85. The summed E-state index contributed by atoms with van der Waals surface area (Å²) in [5.41, 5.74) is 3.08. The first-order valence-electron chi connectivity index (χ1n) is 4.22. The molecule has 2 rings (SSSR count). The number of hydroxylamine groups is 1. The number of hydrogen-bond acceptors (Lipinski definition) is 2. The smallest absolute Gasteiger partial charge is 0.276 e. The molecule has 4 heteroatoms. The van der Waals surface area contributed by atoms with Gasteiger partial charge < -0.3 is 4.57 Å². The van der Waals surface area contributed by atoms with E-state index in [1.54, 1.807) is 11.7 Å². The van der Waals surface area contributed by atoms with Gasteiger partial charge in [0.25, 0.3) is 5.91 Å². The summed E-state index contributed by atoms with van der Waals surface area (Å²) >= 11 is 0. The van der Waals surface area contributed by atoms with Crippen LogP contribution in [0.2, 0.25) is 0 Å². The summed E-state index contributed by atoms with van der Waals surface area (Å²) in [5.74, 6) is -0.484. The van der Waals surface area contributed by atoms with Crippen LogP contribution in [0, 0.1) is 0 Å². The van der Waals surface area contributed by atoms with E-state index in [4.69, 9.17) is 5.21 Å². The zero-order valence-corrected chi connectivity index (χ0v) is 7.69. The number of rotatable bonds is 1. The van der Waals surface area contributed by atoms with Gasteiger partial charge >= 0.3 is 0 Å². The van der Waals surface area contributed by atoms with E-state index in [0.717, 1.165) is 10.9 Å². The van der Waals surface area contributed by atoms with Gasteiger partial charge in [-0.3, -0.25) is 10.0 Å². The summed E-state index contributed by atoms with van der Waals surface area (Å²) in [6, 6.07) is 7.53. The predicted octanol–water partition coefficient (Wildman–Crippen LogP) is 1.30. The summed E-state index contributed by atoms with van der Waals surface area (Å²) in [6.45, 7) is 0. The molecule has 4 nitrogen and oxygen atoms in total. The van der Waals surface area contributed by atoms with Crippen molar-refractivity contribution in [3.63, 3.8) is 0 Å². The maximum atomic E-state index is 11.3. The van der Waals surface area contributed by atoms with Crippen LogP contribution >= 0.6 is 0 Å². The minimum Gasteiger partial charge on any atom is -0.350 e. The lowest BCUT2D eigenvalue weighted by Gasteiger charge is -1.94. The Bertz CT molecular complexity index is 488. The molecule has 0 atom stereocenters. The topological polar surface area (TPSA) is 54.3 Å². The van der Waals surface area contributed by atoms with E-state index in [1.807, 2.05) is 35.9 Å². The first kappa shape index (κ1) is 8.77. The summed E-state index contributed by atoms with van der Waals surface area (Å²) in [4.78, 5) is 11.3. The van der Waals surface area contributed by atoms with Gasteiger partial charge in [0.1, 0.15) is 0 Å². The monoisotopic (exact) mass is 190 g/mol. The molecular formula is C10H10N2O2. The van der Waals surface area contributed by atoms with Crippen LogP contribution in [0.15, 0.2) is 30.5 Å². The van der Waals surface area contributed by atoms with Crippen LogP contribution in [-0.2, 0) is 7.05 Å². The number of carbonyl (C=O) groups excluding carboxylic acids is 1. The van der Waals surface area contributed by atoms with Gasteiger partial charge in [0.2, 0.25) is 0 Å². The third-order valence-electron chi connectivity index (χ3n) is 2.24. The minimum absolute atomic E-state index is 0.477. The molecule has 0 saturated heterocycles. The number of fused-ring (bicyclic) bond motifs is 1. The molecule has 0 aliphatic carbocycles. The molecule has 1 aromatic carbocycles. The standard InChI is InChI=1S/C10H10N2O2/c1-12-6-8(10(13)11-14)7-4-2-3-5-9(7)12/h2-6,14H,1H3,(H,11,13). The van der Waals surface area contributed by atoms with E-state index in [0.29, 0.717) is 5.56 Å². The Kier molecular flexibility index (Phi) is 1.98. The second-order valence-electron chi connectivity index (χ2n) is 3.11. The van der Waals surface area contributed by atoms with Gasteiger partial charge in [-0.15, -0.1) is 0 Å². The zero-order chi connectivity index (χ0) is 10.1. The fraction of sp³-hybridized carbons (Fsp3) is 0.100. The number of para-hydroxylation sites is 1. The van der Waals surface area contributed by atoms with Gasteiger partial charge in [-0.25, -0.2) is 5.48 Å². The van der Waals surface area contributed by atoms with E-state index in [1.165, 1.54) is 0 Å². The lowest BCUT2D eigenvalue weighted by Crippen LogP contribution is -2.18. The van der Waals surface area contributed by atoms with Gasteiger partial charge in [0.05, 0.1) is 5.56 Å². The molecular weight excluding hydrogens is 180 g/mol. The van der Waals surface area contributed by atoms with Gasteiger partial charge in [-0.05, 0) is 6.07 Å². The number of aromatic nitrogens is 1. The predicted molar refractivity (Wildman–Crippen MR) is 52.2 cm³/mol. The van der Waals surface area contributed by atoms with Crippen LogP contribution in [0.3, 0.4) is 0 Å². The normalized spacial score (nSPS) is 10.4. The van der Waals surface area contributed by atoms with Gasteiger partial charge in [-0.2, -0.15) is 0 Å². The maximum absolute atomic E-state index is 11.3. The van der Waals surface area contributed by atoms with E-state index >= 15 is 0 Å². The molecule has 2 aromatic rings. The first-order valence-corrected chi connectivity index (χ1v) is 4.22. The zero-order valence-electron chi connectivity index (χ0n) is 7.69. The molecule has 0 spiro atoms. The van der Waals surface area contributed by atoms with Crippen LogP contribution < -0.4 is 5.48 Å². The Balaban J connectivity index is 2.72. The average Bonchev–Trinajstić information content (AvgIpc) is 2.56. The van der Waals surface area contributed by atoms with E-state index in [9.17, 15) is 4.79 Å². The van der Waals surface area contributed by atoms with Crippen molar-refractivity contribution in [1.82, 2.24) is 10.0 Å². The molecule has 1 aromatic heterocycles. The van der Waals surface area contributed by atoms with Crippen LogP contribution in [0.1, 0.15) is 10.4 Å². The second-order valence-corrected chi connectivity index (χ2v) is 3.11. The maximum Gasteiger partial charge on any atom is 0.276 e. The van der Waals surface area contributed by atoms with Gasteiger partial charge in [0, 0.05) is 24.1 Å². The Hall–Kier alpha value is -1.81. The third-order valence-corrected chi connectivity index (χ3v) is 2.24. The molecule has 0 unspecified atom stereocenters. The molecule has 14 heavy (non-hydrogen) atoms. The van der Waals surface area contributed by atoms with Crippen molar-refractivity contribution in [2.45, 2.75) is 0 Å². The largest absolute Gasteiger partial charge is 0.350 e. The van der Waals surface area contributed by atoms with Crippen LogP contribution in [0.4, 0.5) is 0 Å². The molecule has 0 aliphatic rings. The second kappa shape index (κ2) is 3.16. The fourth-order valence-electron chi connectivity index (χ4n) is 1.58. The molecule has 1 amide bonds. The van der Waals surface area contributed by atoms with Crippen LogP contribution in [-0.4, -0.2) is 15.7 Å². The molecule has 0 saturated carbocycles. The molecule has 2 N–H and O–H groups in total. The van der Waals surface area contributed by atoms with Crippen molar-refractivity contribution in [2.24, 2.45) is 7.05 Å². The van der Waals surface area contributed by atoms with E-state index in [-0.39, 0.29) is 0 Å². The van der Waals surface area contributed by atoms with Gasteiger partial charge in [-0.1, -0.05) is 18.2 Å². The van der Waals surface area contributed by atoms with Crippen molar-refractivity contribution in [3.05, 3.63) is 36.0 Å². The average molecular weight is 190 g/mol. The number of benzene rings is 1. The first-order chi connectivity index (χ1) is 6.74. The number of carbonyl (C=O) groups is 1. The SMILES string of the molecule is Cn1cc(C(=O)NO)c2ccccc21. The number of nitrogens with one attached hydrogen (secondary N) is 1. The van der Waals surface area contributed by atoms with Crippen molar-refractivity contribution >= 4 is 16.8 Å². The highest BCUT2D eigenvalue weighted by molar-refractivity contribution is 6.06.